The average Bonchev–Trinajstić information content (AvgIpc) is 2.29. The molecule has 0 spiro atoms. The smallest absolute Gasteiger partial charge is 0.252 e. The molecule has 2 N–H and O–H groups in total. The molecule has 0 heterocycles. The third-order valence-corrected chi connectivity index (χ3v) is 3.10. The van der Waals surface area contributed by atoms with Gasteiger partial charge in [0.15, 0.2) is 0 Å². The maximum absolute atomic E-state index is 11.8. The number of aliphatic hydroxyl groups is 1. The van der Waals surface area contributed by atoms with Crippen LogP contribution in [0, 0.1) is 0 Å². The molecule has 0 fully saturated rings. The van der Waals surface area contributed by atoms with Gasteiger partial charge in [-0.1, -0.05) is 27.5 Å². The number of aliphatic hydroxyl groups excluding tert-OH is 1. The van der Waals surface area contributed by atoms with Crippen molar-refractivity contribution in [3.05, 3.63) is 33.3 Å². The molecule has 0 bridgehead atoms. The van der Waals surface area contributed by atoms with E-state index in [1.807, 2.05) is 0 Å². The molecule has 1 unspecified atom stereocenters. The van der Waals surface area contributed by atoms with Crippen molar-refractivity contribution in [2.24, 2.45) is 0 Å². The lowest BCUT2D eigenvalue weighted by atomic mass is 10.2. The number of hydrogen-bond donors (Lipinski definition) is 2. The Balaban J connectivity index is 2.45. The van der Waals surface area contributed by atoms with Crippen LogP contribution in [0.25, 0.3) is 0 Å². The fraction of sp³-hybridized carbons (Fsp3) is 0.417. The summed E-state index contributed by atoms with van der Waals surface area (Å²) in [6.07, 6.45) is -0.135. The summed E-state index contributed by atoms with van der Waals surface area (Å²) in [4.78, 5) is 11.8. The van der Waals surface area contributed by atoms with Crippen molar-refractivity contribution in [3.63, 3.8) is 0 Å². The zero-order chi connectivity index (χ0) is 13.5. The number of nitrogens with one attached hydrogen (secondary N) is 1. The van der Waals surface area contributed by atoms with Crippen molar-refractivity contribution in [1.29, 1.82) is 0 Å². The Kier molecular flexibility index (Phi) is 6.63. The third-order valence-electron chi connectivity index (χ3n) is 2.30. The van der Waals surface area contributed by atoms with Crippen LogP contribution < -0.4 is 5.32 Å². The minimum atomic E-state index is -0.573. The number of benzene rings is 1. The molecule has 0 saturated carbocycles. The number of carbonyl (C=O) groups excluding carboxylic acids is 1. The van der Waals surface area contributed by atoms with E-state index < -0.39 is 6.10 Å². The van der Waals surface area contributed by atoms with E-state index in [-0.39, 0.29) is 12.5 Å². The molecule has 6 heteroatoms. The summed E-state index contributed by atoms with van der Waals surface area (Å²) in [5.41, 5.74) is 0.418. The monoisotopic (exact) mass is 335 g/mol. The van der Waals surface area contributed by atoms with Gasteiger partial charge in [0.1, 0.15) is 0 Å². The summed E-state index contributed by atoms with van der Waals surface area (Å²) in [5, 5.41) is 12.5. The van der Waals surface area contributed by atoms with Crippen LogP contribution in [0.15, 0.2) is 22.7 Å². The number of hydrogen-bond acceptors (Lipinski definition) is 3. The molecule has 1 aromatic carbocycles. The molecule has 100 valence electrons. The Morgan fingerprint density at radius 2 is 2.33 bits per heavy atom. The first kappa shape index (κ1) is 15.4. The summed E-state index contributed by atoms with van der Waals surface area (Å²) in [7, 11) is 1.52. The van der Waals surface area contributed by atoms with E-state index >= 15 is 0 Å². The minimum Gasteiger partial charge on any atom is -0.391 e. The van der Waals surface area contributed by atoms with Gasteiger partial charge in [-0.3, -0.25) is 4.79 Å². The Morgan fingerprint density at radius 3 is 2.94 bits per heavy atom. The standard InChI is InChI=1S/C12H15BrClNO3/c1-18-7-9(16)4-5-15-12(17)10-3-2-8(13)6-11(10)14/h2-3,6,9,16H,4-5,7H2,1H3,(H,15,17). The van der Waals surface area contributed by atoms with Crippen LogP contribution in [0.4, 0.5) is 0 Å². The molecule has 0 aliphatic heterocycles. The molecule has 4 nitrogen and oxygen atoms in total. The molecule has 0 saturated heterocycles. The number of amides is 1. The van der Waals surface area contributed by atoms with Crippen LogP contribution in [0.3, 0.4) is 0 Å². The van der Waals surface area contributed by atoms with Crippen molar-refractivity contribution in [2.45, 2.75) is 12.5 Å². The topological polar surface area (TPSA) is 58.6 Å². The summed E-state index contributed by atoms with van der Waals surface area (Å²) in [6, 6.07) is 5.06. The highest BCUT2D eigenvalue weighted by Gasteiger charge is 2.11. The molecule has 18 heavy (non-hydrogen) atoms. The first-order valence-corrected chi connectivity index (χ1v) is 6.62. The molecule has 1 atom stereocenters. The maximum atomic E-state index is 11.8. The largest absolute Gasteiger partial charge is 0.391 e. The number of rotatable bonds is 6. The molecular weight excluding hydrogens is 321 g/mol. The van der Waals surface area contributed by atoms with Gasteiger partial charge in [-0.05, 0) is 24.6 Å². The van der Waals surface area contributed by atoms with Crippen molar-refractivity contribution in [2.75, 3.05) is 20.3 Å². The van der Waals surface area contributed by atoms with E-state index in [1.165, 1.54) is 7.11 Å². The summed E-state index contributed by atoms with van der Waals surface area (Å²) in [5.74, 6) is -0.253. The van der Waals surface area contributed by atoms with Crippen molar-refractivity contribution < 1.29 is 14.6 Å². The molecule has 0 aromatic heterocycles. The van der Waals surface area contributed by atoms with Gasteiger partial charge in [0.25, 0.3) is 5.91 Å². The van der Waals surface area contributed by atoms with Gasteiger partial charge in [0.05, 0.1) is 23.3 Å². The average molecular weight is 337 g/mol. The van der Waals surface area contributed by atoms with Crippen LogP contribution in [-0.2, 0) is 4.74 Å². The molecule has 1 aromatic rings. The van der Waals surface area contributed by atoms with Crippen LogP contribution >= 0.6 is 27.5 Å². The predicted molar refractivity (Wildman–Crippen MR) is 74.0 cm³/mol. The van der Waals surface area contributed by atoms with Crippen LogP contribution in [0.2, 0.25) is 5.02 Å². The van der Waals surface area contributed by atoms with E-state index in [2.05, 4.69) is 21.2 Å². The van der Waals surface area contributed by atoms with E-state index in [0.717, 1.165) is 4.47 Å². The van der Waals surface area contributed by atoms with Gasteiger partial charge in [0.2, 0.25) is 0 Å². The summed E-state index contributed by atoms with van der Waals surface area (Å²) in [6.45, 7) is 0.630. The van der Waals surface area contributed by atoms with Gasteiger partial charge in [-0.25, -0.2) is 0 Å². The van der Waals surface area contributed by atoms with E-state index in [1.54, 1.807) is 18.2 Å². The SMILES string of the molecule is COCC(O)CCNC(=O)c1ccc(Br)cc1Cl. The highest BCUT2D eigenvalue weighted by atomic mass is 79.9. The predicted octanol–water partition coefficient (Wildman–Crippen LogP) is 2.23. The number of carbonyl (C=O) groups is 1. The fourth-order valence-corrected chi connectivity index (χ4v) is 2.16. The lowest BCUT2D eigenvalue weighted by Gasteiger charge is -2.10. The Morgan fingerprint density at radius 1 is 1.61 bits per heavy atom. The molecule has 1 rings (SSSR count). The fourth-order valence-electron chi connectivity index (χ4n) is 1.40. The second-order valence-electron chi connectivity index (χ2n) is 3.78. The van der Waals surface area contributed by atoms with Crippen molar-refractivity contribution in [1.82, 2.24) is 5.32 Å². The highest BCUT2D eigenvalue weighted by Crippen LogP contribution is 2.21. The first-order chi connectivity index (χ1) is 8.54. The minimum absolute atomic E-state index is 0.253. The summed E-state index contributed by atoms with van der Waals surface area (Å²) < 4.78 is 5.61. The number of methoxy groups -OCH3 is 1. The zero-order valence-corrected chi connectivity index (χ0v) is 12.3. The van der Waals surface area contributed by atoms with Crippen molar-refractivity contribution in [3.8, 4) is 0 Å². The molecule has 0 aliphatic rings. The number of ether oxygens (including phenoxy) is 1. The molecule has 0 radical (unpaired) electrons. The van der Waals surface area contributed by atoms with Gasteiger partial charge < -0.3 is 15.2 Å². The Bertz CT molecular complexity index is 414. The lowest BCUT2D eigenvalue weighted by Crippen LogP contribution is -2.28. The maximum Gasteiger partial charge on any atom is 0.252 e. The van der Waals surface area contributed by atoms with Gasteiger partial charge in [-0.2, -0.15) is 0 Å². The lowest BCUT2D eigenvalue weighted by molar-refractivity contribution is 0.0587. The van der Waals surface area contributed by atoms with Crippen LogP contribution in [0.5, 0.6) is 0 Å². The Labute approximate surface area is 119 Å². The molecule has 0 aliphatic carbocycles. The normalized spacial score (nSPS) is 12.2. The quantitative estimate of drug-likeness (QED) is 0.837. The zero-order valence-electron chi connectivity index (χ0n) is 9.95. The second kappa shape index (κ2) is 7.74. The second-order valence-corrected chi connectivity index (χ2v) is 5.10. The number of halogens is 2. The van der Waals surface area contributed by atoms with Gasteiger partial charge >= 0.3 is 0 Å². The van der Waals surface area contributed by atoms with E-state index in [4.69, 9.17) is 16.3 Å². The van der Waals surface area contributed by atoms with Crippen LogP contribution in [0.1, 0.15) is 16.8 Å². The molecular formula is C12H15BrClNO3. The van der Waals surface area contributed by atoms with E-state index in [9.17, 15) is 9.90 Å². The first-order valence-electron chi connectivity index (χ1n) is 5.45. The Hall–Kier alpha value is -0.620. The summed E-state index contributed by atoms with van der Waals surface area (Å²) >= 11 is 9.23. The third kappa shape index (κ3) is 4.94. The van der Waals surface area contributed by atoms with Crippen molar-refractivity contribution >= 4 is 33.4 Å². The van der Waals surface area contributed by atoms with Gasteiger partial charge in [0, 0.05) is 18.1 Å². The highest BCUT2D eigenvalue weighted by molar-refractivity contribution is 9.10. The van der Waals surface area contributed by atoms with Gasteiger partial charge in [-0.15, -0.1) is 0 Å². The van der Waals surface area contributed by atoms with Crippen LogP contribution in [-0.4, -0.2) is 37.4 Å². The molecule has 1 amide bonds. The van der Waals surface area contributed by atoms with E-state index in [0.29, 0.717) is 23.6 Å².